The Morgan fingerprint density at radius 2 is 1.77 bits per heavy atom. The van der Waals surface area contributed by atoms with Gasteiger partial charge in [0.05, 0.1) is 11.0 Å². The molecule has 0 radical (unpaired) electrons. The van der Waals surface area contributed by atoms with Crippen molar-refractivity contribution in [2.24, 2.45) is 45.3 Å². The van der Waals surface area contributed by atoms with Crippen molar-refractivity contribution in [3.63, 3.8) is 0 Å². The molecule has 0 amide bonds. The summed E-state index contributed by atoms with van der Waals surface area (Å²) in [6, 6.07) is 2.17. The molecule has 1 aromatic heterocycles. The monoisotopic (exact) mass is 545 g/mol. The number of carbonyl (C=O) groups excluding carboxylic acids is 2. The average molecular weight is 546 g/mol. The second kappa shape index (κ2) is 8.71. The molecule has 7 nitrogen and oxygen atoms in total. The largest absolute Gasteiger partial charge is 0.422 e. The first kappa shape index (κ1) is 27.6. The number of Topliss-reactive ketones (excluding diaryl/α,β-unsaturated/α-hetero) is 1. The van der Waals surface area contributed by atoms with Crippen LogP contribution in [0.4, 0.5) is 0 Å². The van der Waals surface area contributed by atoms with Crippen molar-refractivity contribution in [1.29, 1.82) is 5.26 Å². The summed E-state index contributed by atoms with van der Waals surface area (Å²) < 4.78 is 11.5. The van der Waals surface area contributed by atoms with Gasteiger partial charge in [-0.15, -0.1) is 10.2 Å². The van der Waals surface area contributed by atoms with Crippen LogP contribution in [0.1, 0.15) is 98.3 Å². The molecular formula is C33H43N3O4. The maximum absolute atomic E-state index is 14.6. The number of ketones is 2. The van der Waals surface area contributed by atoms with Crippen molar-refractivity contribution in [2.45, 2.75) is 98.5 Å². The van der Waals surface area contributed by atoms with Gasteiger partial charge in [0.25, 0.3) is 0 Å². The molecule has 1 heterocycles. The molecular weight excluding hydrogens is 502 g/mol. The normalized spacial score (nSPS) is 43.9. The van der Waals surface area contributed by atoms with E-state index in [2.05, 4.69) is 50.9 Å². The zero-order valence-corrected chi connectivity index (χ0v) is 25.1. The molecule has 6 rings (SSSR count). The summed E-state index contributed by atoms with van der Waals surface area (Å²) in [6.07, 6.45) is 10.4. The van der Waals surface area contributed by atoms with Gasteiger partial charge in [0.15, 0.2) is 11.6 Å². The summed E-state index contributed by atoms with van der Waals surface area (Å²) >= 11 is 0. The minimum Gasteiger partial charge on any atom is -0.422 e. The van der Waals surface area contributed by atoms with Crippen molar-refractivity contribution in [1.82, 2.24) is 10.2 Å². The third-order valence-electron chi connectivity index (χ3n) is 12.7. The highest BCUT2D eigenvalue weighted by Gasteiger charge is 2.70. The van der Waals surface area contributed by atoms with E-state index in [4.69, 9.17) is 9.15 Å². The number of nitrogens with zero attached hydrogens (tertiary/aromatic N) is 3. The molecule has 3 fully saturated rings. The number of fused-ring (bicyclic) bond motifs is 7. The number of allylic oxidation sites excluding steroid dienone is 4. The first-order valence-electron chi connectivity index (χ1n) is 15.0. The lowest BCUT2D eigenvalue weighted by Gasteiger charge is -2.68. The van der Waals surface area contributed by atoms with Gasteiger partial charge in [-0.3, -0.25) is 9.59 Å². The zero-order chi connectivity index (χ0) is 28.9. The second-order valence-electron chi connectivity index (χ2n) is 15.0. The molecule has 8 unspecified atom stereocenters. The SMILES string of the molecule is COCc1nnc(C23CCC(C)(C)CC2C2C(=O)C=C4C5(C)C=C(C#N)C(=O)C(C)C5CCC4(C)C2(C)CC3)o1. The molecule has 3 saturated carbocycles. The van der Waals surface area contributed by atoms with E-state index in [1.54, 1.807) is 7.11 Å². The Kier molecular flexibility index (Phi) is 6.00. The third kappa shape index (κ3) is 3.44. The standard InChI is InChI=1S/C33H43N3O4/c1-19-21-8-9-31(5)24(30(21,4)15-20(17-34)27(19)38)14-23(37)26-22-16-29(2,3)10-12-33(22,13-11-32(26,31)6)28-36-35-25(40-28)18-39-7/h14-15,19,21-22,26H,8-13,16,18H2,1-7H3. The topological polar surface area (TPSA) is 106 Å². The lowest BCUT2D eigenvalue weighted by Crippen LogP contribution is -2.65. The van der Waals surface area contributed by atoms with Gasteiger partial charge < -0.3 is 9.15 Å². The van der Waals surface area contributed by atoms with E-state index in [1.807, 2.05) is 19.1 Å². The van der Waals surface area contributed by atoms with E-state index < -0.39 is 5.41 Å². The molecule has 5 aliphatic carbocycles. The number of nitriles is 1. The number of methoxy groups -OCH3 is 1. The van der Waals surface area contributed by atoms with Gasteiger partial charge in [-0.05, 0) is 79.1 Å². The fourth-order valence-corrected chi connectivity index (χ4v) is 10.3. The molecule has 0 N–H and O–H groups in total. The van der Waals surface area contributed by atoms with E-state index >= 15 is 0 Å². The first-order valence-corrected chi connectivity index (χ1v) is 15.0. The summed E-state index contributed by atoms with van der Waals surface area (Å²) in [4.78, 5) is 27.6. The summed E-state index contributed by atoms with van der Waals surface area (Å²) in [5, 5.41) is 18.7. The fraction of sp³-hybridized carbons (Fsp3) is 0.727. The Hall–Kier alpha value is -2.59. The Morgan fingerprint density at radius 1 is 1.05 bits per heavy atom. The van der Waals surface area contributed by atoms with E-state index in [-0.39, 0.29) is 69.1 Å². The summed E-state index contributed by atoms with van der Waals surface area (Å²) in [7, 11) is 1.62. The molecule has 5 aliphatic rings. The van der Waals surface area contributed by atoms with E-state index in [9.17, 15) is 14.9 Å². The third-order valence-corrected chi connectivity index (χ3v) is 12.7. The molecule has 0 aliphatic heterocycles. The van der Waals surface area contributed by atoms with Gasteiger partial charge in [-0.1, -0.05) is 53.2 Å². The Bertz CT molecular complexity index is 1380. The summed E-state index contributed by atoms with van der Waals surface area (Å²) in [5.74, 6) is 1.10. The molecule has 1 aromatic rings. The van der Waals surface area contributed by atoms with E-state index in [0.29, 0.717) is 11.8 Å². The van der Waals surface area contributed by atoms with Gasteiger partial charge in [0.1, 0.15) is 12.7 Å². The highest BCUT2D eigenvalue weighted by molar-refractivity contribution is 6.02. The molecule has 0 saturated heterocycles. The van der Waals surface area contributed by atoms with Crippen LogP contribution in [0, 0.1) is 56.7 Å². The maximum Gasteiger partial charge on any atom is 0.242 e. The lowest BCUT2D eigenvalue weighted by molar-refractivity contribution is -0.159. The first-order chi connectivity index (χ1) is 18.8. The van der Waals surface area contributed by atoms with Crippen molar-refractivity contribution in [3.8, 4) is 6.07 Å². The smallest absolute Gasteiger partial charge is 0.242 e. The summed E-state index contributed by atoms with van der Waals surface area (Å²) in [6.45, 7) is 13.8. The Balaban J connectivity index is 1.50. The quantitative estimate of drug-likeness (QED) is 0.439. The number of hydrogen-bond acceptors (Lipinski definition) is 7. The molecule has 8 atom stereocenters. The van der Waals surface area contributed by atoms with Crippen molar-refractivity contribution >= 4 is 11.6 Å². The molecule has 0 aromatic carbocycles. The predicted octanol–water partition coefficient (Wildman–Crippen LogP) is 6.30. The fourth-order valence-electron chi connectivity index (χ4n) is 10.3. The number of rotatable bonds is 3. The average Bonchev–Trinajstić information content (AvgIpc) is 3.37. The zero-order valence-electron chi connectivity index (χ0n) is 25.1. The highest BCUT2D eigenvalue weighted by Crippen LogP contribution is 2.73. The van der Waals surface area contributed by atoms with Crippen LogP contribution in [0.3, 0.4) is 0 Å². The van der Waals surface area contributed by atoms with E-state index in [0.717, 1.165) is 50.5 Å². The van der Waals surface area contributed by atoms with Crippen molar-refractivity contribution in [2.75, 3.05) is 7.11 Å². The number of hydrogen-bond donors (Lipinski definition) is 0. The van der Waals surface area contributed by atoms with Gasteiger partial charge in [-0.2, -0.15) is 5.26 Å². The molecule has 40 heavy (non-hydrogen) atoms. The van der Waals surface area contributed by atoms with Crippen LogP contribution >= 0.6 is 0 Å². The number of ether oxygens (including phenoxy) is 1. The van der Waals surface area contributed by atoms with Crippen LogP contribution in [0.5, 0.6) is 0 Å². The van der Waals surface area contributed by atoms with Crippen LogP contribution in [0.2, 0.25) is 0 Å². The van der Waals surface area contributed by atoms with Gasteiger partial charge in [0.2, 0.25) is 11.8 Å². The van der Waals surface area contributed by atoms with Crippen LogP contribution in [-0.4, -0.2) is 28.9 Å². The Morgan fingerprint density at radius 3 is 2.48 bits per heavy atom. The Labute approximate surface area is 237 Å². The number of carbonyl (C=O) groups is 2. The van der Waals surface area contributed by atoms with E-state index in [1.165, 1.54) is 0 Å². The van der Waals surface area contributed by atoms with Crippen LogP contribution in [-0.2, 0) is 26.3 Å². The number of aromatic nitrogens is 2. The second-order valence-corrected chi connectivity index (χ2v) is 15.0. The summed E-state index contributed by atoms with van der Waals surface area (Å²) in [5.41, 5.74) is 0.196. The van der Waals surface area contributed by atoms with Gasteiger partial charge >= 0.3 is 0 Å². The van der Waals surface area contributed by atoms with Crippen LogP contribution in [0.25, 0.3) is 0 Å². The van der Waals surface area contributed by atoms with Gasteiger partial charge in [0, 0.05) is 24.4 Å². The van der Waals surface area contributed by atoms with Gasteiger partial charge in [-0.25, -0.2) is 0 Å². The minimum atomic E-state index is -0.489. The molecule has 214 valence electrons. The highest BCUT2D eigenvalue weighted by atomic mass is 16.5. The predicted molar refractivity (Wildman–Crippen MR) is 149 cm³/mol. The minimum absolute atomic E-state index is 0.0558. The molecule has 0 spiro atoms. The lowest BCUT2D eigenvalue weighted by atomic mass is 9.35. The van der Waals surface area contributed by atoms with Crippen LogP contribution < -0.4 is 0 Å². The van der Waals surface area contributed by atoms with Crippen molar-refractivity contribution in [3.05, 3.63) is 35.1 Å². The van der Waals surface area contributed by atoms with Crippen molar-refractivity contribution < 1.29 is 18.7 Å². The van der Waals surface area contributed by atoms with Crippen LogP contribution in [0.15, 0.2) is 27.7 Å². The molecule has 0 bridgehead atoms. The molecule has 7 heteroatoms. The maximum atomic E-state index is 14.6.